The second-order valence-electron chi connectivity index (χ2n) is 4.06. The lowest BCUT2D eigenvalue weighted by Crippen LogP contribution is -2.30. The van der Waals surface area contributed by atoms with Crippen molar-refractivity contribution < 1.29 is 14.3 Å². The molecule has 0 spiro atoms. The van der Waals surface area contributed by atoms with Gasteiger partial charge in [-0.25, -0.2) is 0 Å². The molecular weight excluding hydrogens is 258 g/mol. The fourth-order valence-electron chi connectivity index (χ4n) is 1.73. The molecule has 6 nitrogen and oxygen atoms in total. The van der Waals surface area contributed by atoms with Crippen molar-refractivity contribution in [3.8, 4) is 5.75 Å². The zero-order valence-electron chi connectivity index (χ0n) is 11.0. The van der Waals surface area contributed by atoms with Crippen LogP contribution in [-0.2, 0) is 4.79 Å². The second-order valence-corrected chi connectivity index (χ2v) is 4.06. The predicted octanol–water partition coefficient (Wildman–Crippen LogP) is 0.756. The number of rotatable bonds is 5. The molecule has 1 amide bonds. The number of hydrogen-bond acceptors (Lipinski definition) is 4. The molecule has 0 atom stereocenters. The molecule has 0 aliphatic heterocycles. The van der Waals surface area contributed by atoms with E-state index in [1.807, 2.05) is 0 Å². The summed E-state index contributed by atoms with van der Waals surface area (Å²) in [6.07, 6.45) is 1.59. The Balaban J connectivity index is 2.24. The number of hydrogen-bond donors (Lipinski definition) is 2. The Morgan fingerprint density at radius 1 is 1.25 bits per heavy atom. The number of benzene rings is 1. The summed E-state index contributed by atoms with van der Waals surface area (Å²) in [6, 6.07) is 10.1. The number of ketones is 1. The highest BCUT2D eigenvalue weighted by Crippen LogP contribution is 2.15. The summed E-state index contributed by atoms with van der Waals surface area (Å²) >= 11 is 0. The number of ether oxygens (including phenoxy) is 1. The molecule has 1 aromatic heterocycles. The van der Waals surface area contributed by atoms with Crippen LogP contribution in [0.25, 0.3) is 0 Å². The van der Waals surface area contributed by atoms with E-state index < -0.39 is 0 Å². The zero-order chi connectivity index (χ0) is 14.5. The van der Waals surface area contributed by atoms with Crippen molar-refractivity contribution >= 4 is 11.7 Å². The number of carbonyl (C=O) groups is 2. The van der Waals surface area contributed by atoms with Crippen molar-refractivity contribution in [1.29, 1.82) is 0 Å². The lowest BCUT2D eigenvalue weighted by molar-refractivity contribution is -0.115. The molecule has 3 N–H and O–H groups in total. The number of nitrogens with zero attached hydrogens (tertiary/aromatic N) is 1. The Morgan fingerprint density at radius 2 is 1.95 bits per heavy atom. The molecule has 2 rings (SSSR count). The van der Waals surface area contributed by atoms with Crippen molar-refractivity contribution in [2.24, 2.45) is 5.73 Å². The molecule has 1 aromatic carbocycles. The van der Waals surface area contributed by atoms with Crippen LogP contribution in [0, 0.1) is 0 Å². The largest absolute Gasteiger partial charge is 0.497 e. The highest BCUT2D eigenvalue weighted by Gasteiger charge is 2.14. The summed E-state index contributed by atoms with van der Waals surface area (Å²) in [5.74, 6) is 0.105. The predicted molar refractivity (Wildman–Crippen MR) is 74.3 cm³/mol. The van der Waals surface area contributed by atoms with Gasteiger partial charge in [-0.15, -0.1) is 0 Å². The first-order chi connectivity index (χ1) is 9.65. The monoisotopic (exact) mass is 273 g/mol. The molecule has 2 aromatic rings. The summed E-state index contributed by atoms with van der Waals surface area (Å²) in [4.78, 5) is 23.6. The Morgan fingerprint density at radius 3 is 2.55 bits per heavy atom. The third-order valence-electron chi connectivity index (χ3n) is 2.76. The Kier molecular flexibility index (Phi) is 4.17. The van der Waals surface area contributed by atoms with E-state index in [9.17, 15) is 9.59 Å². The summed E-state index contributed by atoms with van der Waals surface area (Å²) in [5.41, 5.74) is 8.62. The molecule has 0 radical (unpaired) electrons. The number of carbonyl (C=O) groups excluding carboxylic acids is 2. The maximum atomic E-state index is 12.4. The van der Waals surface area contributed by atoms with Crippen molar-refractivity contribution in [1.82, 2.24) is 4.68 Å². The van der Waals surface area contributed by atoms with Gasteiger partial charge in [0, 0.05) is 11.8 Å². The van der Waals surface area contributed by atoms with Crippen molar-refractivity contribution in [3.63, 3.8) is 0 Å². The minimum atomic E-state index is -0.370. The van der Waals surface area contributed by atoms with Crippen molar-refractivity contribution in [2.75, 3.05) is 19.1 Å². The fourth-order valence-corrected chi connectivity index (χ4v) is 1.73. The van der Waals surface area contributed by atoms with Gasteiger partial charge in [0.05, 0.1) is 13.7 Å². The van der Waals surface area contributed by atoms with Gasteiger partial charge in [0.15, 0.2) is 0 Å². The molecule has 0 saturated carbocycles. The topological polar surface area (TPSA) is 86.3 Å². The third-order valence-corrected chi connectivity index (χ3v) is 2.76. The number of amides is 1. The minimum Gasteiger partial charge on any atom is -0.497 e. The number of aromatic nitrogens is 1. The van der Waals surface area contributed by atoms with Crippen molar-refractivity contribution in [2.45, 2.75) is 0 Å². The van der Waals surface area contributed by atoms with E-state index in [4.69, 9.17) is 10.5 Å². The fraction of sp³-hybridized carbons (Fsp3) is 0.143. The van der Waals surface area contributed by atoms with Crippen molar-refractivity contribution in [3.05, 3.63) is 53.9 Å². The first kappa shape index (κ1) is 13.8. The highest BCUT2D eigenvalue weighted by atomic mass is 16.5. The van der Waals surface area contributed by atoms with E-state index in [2.05, 4.69) is 5.43 Å². The van der Waals surface area contributed by atoms with Crippen LogP contribution >= 0.6 is 0 Å². The molecule has 0 aliphatic carbocycles. The normalized spacial score (nSPS) is 10.1. The molecule has 104 valence electrons. The van der Waals surface area contributed by atoms with Crippen LogP contribution in [0.1, 0.15) is 16.1 Å². The molecule has 0 fully saturated rings. The van der Waals surface area contributed by atoms with Crippen LogP contribution in [-0.4, -0.2) is 30.0 Å². The lowest BCUT2D eigenvalue weighted by atomic mass is 10.1. The lowest BCUT2D eigenvalue weighted by Gasteiger charge is -2.09. The Labute approximate surface area is 116 Å². The van der Waals surface area contributed by atoms with Crippen LogP contribution in [0.3, 0.4) is 0 Å². The average molecular weight is 273 g/mol. The summed E-state index contributed by atoms with van der Waals surface area (Å²) in [5, 5.41) is 0. The first-order valence-corrected chi connectivity index (χ1v) is 6.01. The van der Waals surface area contributed by atoms with Crippen LogP contribution < -0.4 is 15.9 Å². The van der Waals surface area contributed by atoms with Gasteiger partial charge in [-0.2, -0.15) is 0 Å². The Hall–Kier alpha value is -2.60. The minimum absolute atomic E-state index is 0.144. The van der Waals surface area contributed by atoms with Crippen LogP contribution in [0.15, 0.2) is 42.6 Å². The van der Waals surface area contributed by atoms with E-state index >= 15 is 0 Å². The molecule has 20 heavy (non-hydrogen) atoms. The van der Waals surface area contributed by atoms with Crippen LogP contribution in [0.2, 0.25) is 0 Å². The Bertz CT molecular complexity index is 617. The van der Waals surface area contributed by atoms with Gasteiger partial charge in [-0.05, 0) is 36.4 Å². The molecule has 0 aliphatic rings. The van der Waals surface area contributed by atoms with Gasteiger partial charge in [0.1, 0.15) is 11.4 Å². The summed E-state index contributed by atoms with van der Waals surface area (Å²) in [6.45, 7) is -0.144. The van der Waals surface area contributed by atoms with E-state index in [0.717, 1.165) is 0 Å². The van der Waals surface area contributed by atoms with E-state index in [1.165, 1.54) is 4.68 Å². The highest BCUT2D eigenvalue weighted by molar-refractivity contribution is 6.08. The summed E-state index contributed by atoms with van der Waals surface area (Å²) in [7, 11) is 1.56. The molecule has 0 bridgehead atoms. The molecule has 1 heterocycles. The van der Waals surface area contributed by atoms with Crippen LogP contribution in [0.4, 0.5) is 0 Å². The molecule has 0 saturated heterocycles. The first-order valence-electron chi connectivity index (χ1n) is 6.01. The summed E-state index contributed by atoms with van der Waals surface area (Å²) < 4.78 is 6.41. The maximum absolute atomic E-state index is 12.4. The van der Waals surface area contributed by atoms with E-state index in [-0.39, 0.29) is 18.2 Å². The van der Waals surface area contributed by atoms with Gasteiger partial charge in [0.2, 0.25) is 5.78 Å². The van der Waals surface area contributed by atoms with Gasteiger partial charge in [-0.1, -0.05) is 0 Å². The number of nitrogens with one attached hydrogen (secondary N) is 1. The SMILES string of the molecule is COc1ccc(C(=O)c2cccn2NC(=O)CN)cc1. The molecule has 0 unspecified atom stereocenters. The second kappa shape index (κ2) is 6.03. The standard InChI is InChI=1S/C14H15N3O3/c1-20-11-6-4-10(5-7-11)14(19)12-3-2-8-17(12)16-13(18)9-15/h2-8H,9,15H2,1H3,(H,16,18). The number of methoxy groups -OCH3 is 1. The zero-order valence-corrected chi connectivity index (χ0v) is 11.0. The van der Waals surface area contributed by atoms with E-state index in [1.54, 1.807) is 49.7 Å². The van der Waals surface area contributed by atoms with Gasteiger partial charge < -0.3 is 10.5 Å². The number of nitrogens with two attached hydrogens (primary N) is 1. The average Bonchev–Trinajstić information content (AvgIpc) is 2.94. The van der Waals surface area contributed by atoms with Gasteiger partial charge in [-0.3, -0.25) is 19.7 Å². The quantitative estimate of drug-likeness (QED) is 0.787. The maximum Gasteiger partial charge on any atom is 0.252 e. The van der Waals surface area contributed by atoms with E-state index in [0.29, 0.717) is 17.0 Å². The molecule has 6 heteroatoms. The smallest absolute Gasteiger partial charge is 0.252 e. The van der Waals surface area contributed by atoms with Crippen LogP contribution in [0.5, 0.6) is 5.75 Å². The van der Waals surface area contributed by atoms with Gasteiger partial charge >= 0.3 is 0 Å². The van der Waals surface area contributed by atoms with Gasteiger partial charge in [0.25, 0.3) is 5.91 Å². The molecular formula is C14H15N3O3. The third kappa shape index (κ3) is 2.86.